The first kappa shape index (κ1) is 16.8. The summed E-state index contributed by atoms with van der Waals surface area (Å²) in [6.07, 6.45) is 0.736. The lowest BCUT2D eigenvalue weighted by Crippen LogP contribution is -2.21. The second-order valence-electron chi connectivity index (χ2n) is 4.87. The van der Waals surface area contributed by atoms with Crippen molar-refractivity contribution in [2.75, 3.05) is 7.05 Å². The van der Waals surface area contributed by atoms with E-state index in [-0.39, 0.29) is 6.04 Å². The Morgan fingerprint density at radius 2 is 2.10 bits per heavy atom. The highest BCUT2D eigenvalue weighted by atomic mass is 79.9. The van der Waals surface area contributed by atoms with Crippen LogP contribution in [-0.4, -0.2) is 16.8 Å². The first-order valence-electron chi connectivity index (χ1n) is 6.81. The molecule has 0 bridgehead atoms. The summed E-state index contributed by atoms with van der Waals surface area (Å²) in [7, 11) is 1.93. The molecular formula is C15H18BrCl2N3. The van der Waals surface area contributed by atoms with E-state index in [0.717, 1.165) is 44.4 Å². The maximum absolute atomic E-state index is 6.40. The number of aryl methyl sites for hydroxylation is 2. The third-order valence-corrected chi connectivity index (χ3v) is 4.86. The van der Waals surface area contributed by atoms with Crippen molar-refractivity contribution in [1.82, 2.24) is 15.1 Å². The van der Waals surface area contributed by atoms with Gasteiger partial charge in [-0.05, 0) is 44.7 Å². The molecule has 2 rings (SSSR count). The van der Waals surface area contributed by atoms with E-state index in [1.165, 1.54) is 0 Å². The van der Waals surface area contributed by atoms with Crippen molar-refractivity contribution in [3.63, 3.8) is 0 Å². The number of benzene rings is 1. The second-order valence-corrected chi connectivity index (χ2v) is 6.57. The van der Waals surface area contributed by atoms with Crippen molar-refractivity contribution in [1.29, 1.82) is 0 Å². The molecule has 21 heavy (non-hydrogen) atoms. The average molecular weight is 391 g/mol. The number of hydrogen-bond acceptors (Lipinski definition) is 2. The third kappa shape index (κ3) is 3.62. The van der Waals surface area contributed by atoms with Crippen LogP contribution in [0.1, 0.15) is 29.9 Å². The Bertz CT molecular complexity index is 640. The largest absolute Gasteiger partial charge is 0.313 e. The highest BCUT2D eigenvalue weighted by molar-refractivity contribution is 9.10. The summed E-state index contributed by atoms with van der Waals surface area (Å²) in [5.41, 5.74) is 2.95. The molecule has 3 nitrogen and oxygen atoms in total. The predicted octanol–water partition coefficient (Wildman–Crippen LogP) is 4.78. The van der Waals surface area contributed by atoms with Crippen LogP contribution in [0.5, 0.6) is 0 Å². The van der Waals surface area contributed by atoms with Crippen molar-refractivity contribution >= 4 is 39.1 Å². The van der Waals surface area contributed by atoms with Crippen molar-refractivity contribution in [3.05, 3.63) is 49.7 Å². The van der Waals surface area contributed by atoms with Crippen LogP contribution in [0.15, 0.2) is 22.7 Å². The van der Waals surface area contributed by atoms with Crippen molar-refractivity contribution < 1.29 is 0 Å². The fourth-order valence-electron chi connectivity index (χ4n) is 2.41. The summed E-state index contributed by atoms with van der Waals surface area (Å²) in [5.74, 6) is 0. The number of nitrogens with zero attached hydrogens (tertiary/aromatic N) is 2. The second kappa shape index (κ2) is 7.14. The molecule has 114 valence electrons. The van der Waals surface area contributed by atoms with E-state index in [4.69, 9.17) is 23.2 Å². The first-order chi connectivity index (χ1) is 9.97. The van der Waals surface area contributed by atoms with Gasteiger partial charge in [-0.1, -0.05) is 39.1 Å². The van der Waals surface area contributed by atoms with Crippen LogP contribution in [0, 0.1) is 6.92 Å². The Hall–Kier alpha value is -0.550. The number of likely N-dealkylation sites (N-methyl/N-ethyl adjacent to an activating group) is 1. The molecule has 1 atom stereocenters. The standard InChI is InChI=1S/C15H18BrCl2N3/c1-4-21-14(15(18)9(2)20-21)8-13(19-3)11-7-10(16)5-6-12(11)17/h5-7,13,19H,4,8H2,1-3H3. The molecule has 1 aromatic carbocycles. The molecule has 0 radical (unpaired) electrons. The van der Waals surface area contributed by atoms with E-state index in [9.17, 15) is 0 Å². The minimum atomic E-state index is 0.0777. The molecule has 0 fully saturated rings. The van der Waals surface area contributed by atoms with Gasteiger partial charge in [-0.15, -0.1) is 0 Å². The van der Waals surface area contributed by atoms with Gasteiger partial charge in [0.25, 0.3) is 0 Å². The first-order valence-corrected chi connectivity index (χ1v) is 8.36. The Kier molecular flexibility index (Phi) is 5.72. The lowest BCUT2D eigenvalue weighted by Gasteiger charge is -2.19. The van der Waals surface area contributed by atoms with Gasteiger partial charge in [0.1, 0.15) is 0 Å². The Balaban J connectivity index is 2.38. The van der Waals surface area contributed by atoms with Crippen LogP contribution >= 0.6 is 39.1 Å². The van der Waals surface area contributed by atoms with Crippen molar-refractivity contribution in [3.8, 4) is 0 Å². The summed E-state index contributed by atoms with van der Waals surface area (Å²) in [6.45, 7) is 4.79. The zero-order valence-electron chi connectivity index (χ0n) is 12.3. The molecule has 1 heterocycles. The summed E-state index contributed by atoms with van der Waals surface area (Å²) in [6, 6.07) is 5.95. The number of rotatable bonds is 5. The van der Waals surface area contributed by atoms with Gasteiger partial charge in [-0.3, -0.25) is 4.68 Å². The number of halogens is 3. The van der Waals surface area contributed by atoms with Gasteiger partial charge < -0.3 is 5.32 Å². The fraction of sp³-hybridized carbons (Fsp3) is 0.400. The molecule has 1 unspecified atom stereocenters. The van der Waals surface area contributed by atoms with E-state index < -0.39 is 0 Å². The molecule has 1 N–H and O–H groups in total. The van der Waals surface area contributed by atoms with E-state index >= 15 is 0 Å². The quantitative estimate of drug-likeness (QED) is 0.795. The van der Waals surface area contributed by atoms with Gasteiger partial charge in [0, 0.05) is 28.5 Å². The van der Waals surface area contributed by atoms with Gasteiger partial charge in [-0.2, -0.15) is 5.10 Å². The van der Waals surface area contributed by atoms with Crippen LogP contribution in [0.4, 0.5) is 0 Å². The normalized spacial score (nSPS) is 12.7. The molecule has 0 saturated heterocycles. The molecule has 6 heteroatoms. The Labute approximate surface area is 143 Å². The zero-order valence-corrected chi connectivity index (χ0v) is 15.3. The van der Waals surface area contributed by atoms with Crippen LogP contribution in [0.2, 0.25) is 10.0 Å². The number of nitrogens with one attached hydrogen (secondary N) is 1. The summed E-state index contributed by atoms with van der Waals surface area (Å²) in [4.78, 5) is 0. The van der Waals surface area contributed by atoms with E-state index in [1.54, 1.807) is 0 Å². The Morgan fingerprint density at radius 3 is 2.71 bits per heavy atom. The van der Waals surface area contributed by atoms with E-state index in [0.29, 0.717) is 0 Å². The number of aromatic nitrogens is 2. The maximum atomic E-state index is 6.40. The molecule has 0 saturated carbocycles. The Morgan fingerprint density at radius 1 is 1.38 bits per heavy atom. The van der Waals surface area contributed by atoms with E-state index in [2.05, 4.69) is 33.3 Å². The zero-order chi connectivity index (χ0) is 15.6. The third-order valence-electron chi connectivity index (χ3n) is 3.53. The highest BCUT2D eigenvalue weighted by Crippen LogP contribution is 2.31. The van der Waals surface area contributed by atoms with Crippen LogP contribution in [0.25, 0.3) is 0 Å². The molecule has 0 spiro atoms. The van der Waals surface area contributed by atoms with Crippen LogP contribution in [0.3, 0.4) is 0 Å². The van der Waals surface area contributed by atoms with Gasteiger partial charge >= 0.3 is 0 Å². The van der Waals surface area contributed by atoms with Gasteiger partial charge in [0.2, 0.25) is 0 Å². The summed E-state index contributed by atoms with van der Waals surface area (Å²) < 4.78 is 2.96. The van der Waals surface area contributed by atoms with Gasteiger partial charge in [0.05, 0.1) is 16.4 Å². The van der Waals surface area contributed by atoms with Gasteiger partial charge in [-0.25, -0.2) is 0 Å². The minimum Gasteiger partial charge on any atom is -0.313 e. The molecule has 0 aliphatic carbocycles. The topological polar surface area (TPSA) is 29.9 Å². The van der Waals surface area contributed by atoms with Crippen LogP contribution in [-0.2, 0) is 13.0 Å². The molecule has 0 amide bonds. The highest BCUT2D eigenvalue weighted by Gasteiger charge is 2.20. The number of hydrogen-bond donors (Lipinski definition) is 1. The minimum absolute atomic E-state index is 0.0777. The monoisotopic (exact) mass is 389 g/mol. The maximum Gasteiger partial charge on any atom is 0.0847 e. The molecule has 2 aromatic rings. The molecule has 1 aromatic heterocycles. The van der Waals surface area contributed by atoms with E-state index in [1.807, 2.05) is 36.9 Å². The van der Waals surface area contributed by atoms with Gasteiger partial charge in [0.15, 0.2) is 0 Å². The summed E-state index contributed by atoms with van der Waals surface area (Å²) >= 11 is 16.2. The molecular weight excluding hydrogens is 373 g/mol. The molecule has 0 aliphatic heterocycles. The van der Waals surface area contributed by atoms with Crippen molar-refractivity contribution in [2.24, 2.45) is 0 Å². The predicted molar refractivity (Wildman–Crippen MR) is 92.3 cm³/mol. The molecule has 0 aliphatic rings. The smallest absolute Gasteiger partial charge is 0.0847 e. The fourth-order valence-corrected chi connectivity index (χ4v) is 3.25. The van der Waals surface area contributed by atoms with Crippen molar-refractivity contribution in [2.45, 2.75) is 32.9 Å². The average Bonchev–Trinajstić information content (AvgIpc) is 2.74. The lowest BCUT2D eigenvalue weighted by molar-refractivity contribution is 0.541. The summed E-state index contributed by atoms with van der Waals surface area (Å²) in [5, 5.41) is 9.26. The SMILES string of the molecule is CCn1nc(C)c(Cl)c1CC(NC)c1cc(Br)ccc1Cl. The van der Waals surface area contributed by atoms with Crippen LogP contribution < -0.4 is 5.32 Å². The lowest BCUT2D eigenvalue weighted by atomic mass is 10.0.